The molecule has 0 aliphatic carbocycles. The van der Waals surface area contributed by atoms with Gasteiger partial charge in [0.05, 0.1) is 12.9 Å². The van der Waals surface area contributed by atoms with Crippen LogP contribution in [0.1, 0.15) is 5.56 Å². The van der Waals surface area contributed by atoms with Gasteiger partial charge in [-0.05, 0) is 35.9 Å². The summed E-state index contributed by atoms with van der Waals surface area (Å²) in [5, 5.41) is 0.698. The van der Waals surface area contributed by atoms with E-state index < -0.39 is 0 Å². The van der Waals surface area contributed by atoms with Crippen LogP contribution in [0, 0.1) is 0 Å². The summed E-state index contributed by atoms with van der Waals surface area (Å²) in [5.41, 5.74) is 1.14. The highest BCUT2D eigenvalue weighted by atomic mass is 35.5. The summed E-state index contributed by atoms with van der Waals surface area (Å²) in [5.74, 6) is 0.789. The van der Waals surface area contributed by atoms with E-state index in [0.29, 0.717) is 11.6 Å². The van der Waals surface area contributed by atoms with Crippen molar-refractivity contribution in [2.75, 3.05) is 0 Å². The highest BCUT2D eigenvalue weighted by Crippen LogP contribution is 2.18. The molecule has 0 N–H and O–H groups in total. The van der Waals surface area contributed by atoms with E-state index in [9.17, 15) is 0 Å². The molecule has 2 aromatic carbocycles. The quantitative estimate of drug-likeness (QED) is 0.657. The van der Waals surface area contributed by atoms with Gasteiger partial charge >= 0.3 is 0 Å². The Bertz CT molecular complexity index is 737. The minimum atomic E-state index is -0.106. The molecule has 0 fully saturated rings. The van der Waals surface area contributed by atoms with Gasteiger partial charge in [0.15, 0.2) is 0 Å². The Kier molecular flexibility index (Phi) is 5.12. The summed E-state index contributed by atoms with van der Waals surface area (Å²) in [7, 11) is 0. The molecule has 4 heteroatoms. The predicted molar refractivity (Wildman–Crippen MR) is 93.6 cm³/mol. The van der Waals surface area contributed by atoms with Crippen molar-refractivity contribution >= 4 is 17.7 Å². The Morgan fingerprint density at radius 1 is 1.09 bits per heavy atom. The molecule has 0 radical (unpaired) electrons. The van der Waals surface area contributed by atoms with Crippen LogP contribution in [0.5, 0.6) is 5.75 Å². The third-order valence-corrected chi connectivity index (χ3v) is 3.61. The average Bonchev–Trinajstić information content (AvgIpc) is 3.09. The molecule has 0 spiro atoms. The van der Waals surface area contributed by atoms with Crippen molar-refractivity contribution in [3.63, 3.8) is 0 Å². The summed E-state index contributed by atoms with van der Waals surface area (Å²) in [6.07, 6.45) is 9.50. The highest BCUT2D eigenvalue weighted by Gasteiger charge is 2.08. The SMILES string of the molecule is Clc1ccc(OC(/C=C/c2ccccc2)Cn2ccnc2)cc1. The molecular weight excluding hydrogens is 308 g/mol. The zero-order valence-electron chi connectivity index (χ0n) is 12.5. The first kappa shape index (κ1) is 15.4. The second-order valence-electron chi connectivity index (χ2n) is 5.14. The molecule has 0 aliphatic heterocycles. The van der Waals surface area contributed by atoms with Gasteiger partial charge in [0.2, 0.25) is 0 Å². The number of hydrogen-bond donors (Lipinski definition) is 0. The van der Waals surface area contributed by atoms with E-state index >= 15 is 0 Å². The maximum atomic E-state index is 6.07. The molecule has 1 heterocycles. The zero-order valence-corrected chi connectivity index (χ0v) is 13.3. The summed E-state index contributed by atoms with van der Waals surface area (Å²) in [4.78, 5) is 4.08. The molecule has 1 atom stereocenters. The molecule has 23 heavy (non-hydrogen) atoms. The van der Waals surface area contributed by atoms with Crippen LogP contribution in [-0.2, 0) is 6.54 Å². The van der Waals surface area contributed by atoms with E-state index in [1.807, 2.05) is 53.2 Å². The zero-order chi connectivity index (χ0) is 15.9. The fraction of sp³-hybridized carbons (Fsp3) is 0.105. The van der Waals surface area contributed by atoms with Gasteiger partial charge in [-0.3, -0.25) is 0 Å². The molecule has 3 rings (SSSR count). The van der Waals surface area contributed by atoms with Crippen LogP contribution >= 0.6 is 11.6 Å². The van der Waals surface area contributed by atoms with Gasteiger partial charge in [0, 0.05) is 17.4 Å². The maximum absolute atomic E-state index is 6.07. The Morgan fingerprint density at radius 3 is 2.57 bits per heavy atom. The molecule has 1 unspecified atom stereocenters. The Labute approximate surface area is 140 Å². The van der Waals surface area contributed by atoms with E-state index in [-0.39, 0.29) is 6.10 Å². The lowest BCUT2D eigenvalue weighted by Gasteiger charge is -2.16. The molecular formula is C19H17ClN2O. The van der Waals surface area contributed by atoms with Crippen molar-refractivity contribution in [1.29, 1.82) is 0 Å². The minimum Gasteiger partial charge on any atom is -0.484 e. The van der Waals surface area contributed by atoms with Crippen LogP contribution in [0.3, 0.4) is 0 Å². The van der Waals surface area contributed by atoms with E-state index in [4.69, 9.17) is 16.3 Å². The molecule has 116 valence electrons. The predicted octanol–water partition coefficient (Wildman–Crippen LogP) is 4.70. The van der Waals surface area contributed by atoms with Crippen LogP contribution in [0.15, 0.2) is 79.4 Å². The highest BCUT2D eigenvalue weighted by molar-refractivity contribution is 6.30. The Hall–Kier alpha value is -2.52. The van der Waals surface area contributed by atoms with Gasteiger partial charge in [-0.15, -0.1) is 0 Å². The molecule has 1 aromatic heterocycles. The lowest BCUT2D eigenvalue weighted by molar-refractivity contribution is 0.227. The van der Waals surface area contributed by atoms with Crippen molar-refractivity contribution in [2.45, 2.75) is 12.6 Å². The van der Waals surface area contributed by atoms with Crippen LogP contribution in [-0.4, -0.2) is 15.7 Å². The largest absolute Gasteiger partial charge is 0.484 e. The average molecular weight is 325 g/mol. The lowest BCUT2D eigenvalue weighted by atomic mass is 10.2. The number of aromatic nitrogens is 2. The van der Waals surface area contributed by atoms with Crippen LogP contribution in [0.4, 0.5) is 0 Å². The van der Waals surface area contributed by atoms with Gasteiger partial charge < -0.3 is 9.30 Å². The third kappa shape index (κ3) is 4.73. The summed E-state index contributed by atoms with van der Waals surface area (Å²) in [6, 6.07) is 17.6. The van der Waals surface area contributed by atoms with Gasteiger partial charge in [-0.1, -0.05) is 48.0 Å². The first-order chi connectivity index (χ1) is 11.3. The normalized spacial score (nSPS) is 12.4. The van der Waals surface area contributed by atoms with Crippen LogP contribution in [0.2, 0.25) is 5.02 Å². The van der Waals surface area contributed by atoms with E-state index in [2.05, 4.69) is 29.3 Å². The standard InChI is InChI=1S/C19H17ClN2O/c20-17-7-10-18(11-8-17)23-19(14-22-13-12-21-15-22)9-6-16-4-2-1-3-5-16/h1-13,15,19H,14H2/b9-6+. The number of hydrogen-bond acceptors (Lipinski definition) is 2. The van der Waals surface area contributed by atoms with Gasteiger partial charge in [-0.2, -0.15) is 0 Å². The number of nitrogens with zero attached hydrogens (tertiary/aromatic N) is 2. The Balaban J connectivity index is 1.75. The molecule has 0 bridgehead atoms. The van der Waals surface area contributed by atoms with E-state index in [0.717, 1.165) is 11.3 Å². The fourth-order valence-electron chi connectivity index (χ4n) is 2.21. The molecule has 0 aliphatic rings. The first-order valence-electron chi connectivity index (χ1n) is 7.41. The number of ether oxygens (including phenoxy) is 1. The topological polar surface area (TPSA) is 27.1 Å². The van der Waals surface area contributed by atoms with Crippen molar-refractivity contribution in [2.24, 2.45) is 0 Å². The number of halogens is 1. The molecule has 0 saturated heterocycles. The molecule has 0 saturated carbocycles. The van der Waals surface area contributed by atoms with Gasteiger partial charge in [-0.25, -0.2) is 4.98 Å². The first-order valence-corrected chi connectivity index (χ1v) is 7.78. The van der Waals surface area contributed by atoms with Crippen molar-refractivity contribution in [3.8, 4) is 5.75 Å². The molecule has 3 nitrogen and oxygen atoms in total. The number of rotatable bonds is 6. The number of benzene rings is 2. The van der Waals surface area contributed by atoms with E-state index in [1.165, 1.54) is 0 Å². The van der Waals surface area contributed by atoms with Crippen molar-refractivity contribution in [3.05, 3.63) is 90.0 Å². The smallest absolute Gasteiger partial charge is 0.135 e. The molecule has 3 aromatic rings. The summed E-state index contributed by atoms with van der Waals surface area (Å²) < 4.78 is 8.07. The Morgan fingerprint density at radius 2 is 1.87 bits per heavy atom. The van der Waals surface area contributed by atoms with Gasteiger partial charge in [0.1, 0.15) is 11.9 Å². The second kappa shape index (κ2) is 7.65. The van der Waals surface area contributed by atoms with E-state index in [1.54, 1.807) is 12.5 Å². The van der Waals surface area contributed by atoms with Gasteiger partial charge in [0.25, 0.3) is 0 Å². The van der Waals surface area contributed by atoms with Crippen LogP contribution in [0.25, 0.3) is 6.08 Å². The van der Waals surface area contributed by atoms with Crippen molar-refractivity contribution < 1.29 is 4.74 Å². The third-order valence-electron chi connectivity index (χ3n) is 3.35. The lowest BCUT2D eigenvalue weighted by Crippen LogP contribution is -2.20. The summed E-state index contributed by atoms with van der Waals surface area (Å²) in [6.45, 7) is 0.686. The summed E-state index contributed by atoms with van der Waals surface area (Å²) >= 11 is 5.92. The molecule has 0 amide bonds. The second-order valence-corrected chi connectivity index (χ2v) is 5.58. The fourth-order valence-corrected chi connectivity index (χ4v) is 2.34. The van der Waals surface area contributed by atoms with Crippen molar-refractivity contribution in [1.82, 2.24) is 9.55 Å². The number of imidazole rings is 1. The monoisotopic (exact) mass is 324 g/mol. The maximum Gasteiger partial charge on any atom is 0.135 e. The minimum absolute atomic E-state index is 0.106. The van der Waals surface area contributed by atoms with Crippen LogP contribution < -0.4 is 4.74 Å².